The maximum absolute atomic E-state index is 10.5. The summed E-state index contributed by atoms with van der Waals surface area (Å²) >= 11 is 1.50. The van der Waals surface area contributed by atoms with Crippen LogP contribution in [0.3, 0.4) is 0 Å². The van der Waals surface area contributed by atoms with E-state index in [1.807, 2.05) is 37.3 Å². The highest BCUT2D eigenvalue weighted by molar-refractivity contribution is 7.09. The lowest BCUT2D eigenvalue weighted by Crippen LogP contribution is -2.00. The molecule has 0 bridgehead atoms. The number of aliphatic hydroxyl groups excluding tert-OH is 1. The van der Waals surface area contributed by atoms with Gasteiger partial charge in [0, 0.05) is 0 Å². The maximum atomic E-state index is 10.5. The molecule has 1 aromatic heterocycles. The Balaban J connectivity index is 2.18. The number of nitrogens with zero attached hydrogens (tertiary/aromatic N) is 1. The van der Waals surface area contributed by atoms with Crippen molar-refractivity contribution in [1.29, 1.82) is 0 Å². The molecular formula is C15H13NOS. The Bertz CT molecular complexity index is 684. The first-order valence-corrected chi connectivity index (χ1v) is 6.71. The van der Waals surface area contributed by atoms with Gasteiger partial charge in [0.05, 0.1) is 16.1 Å². The molecule has 1 N–H and O–H groups in total. The van der Waals surface area contributed by atoms with Gasteiger partial charge < -0.3 is 5.11 Å². The highest BCUT2D eigenvalue weighted by atomic mass is 32.1. The third-order valence-corrected chi connectivity index (χ3v) is 4.13. The number of hydrogen-bond donors (Lipinski definition) is 1. The van der Waals surface area contributed by atoms with Gasteiger partial charge in [0.25, 0.3) is 0 Å². The standard InChI is InChI=1S/C15H13NOS/c1-10-15(18-9-16-10)14(17)13-8-4-6-11-5-2-3-7-12(11)13/h2-9,14,17H,1H3. The predicted octanol–water partition coefficient (Wildman–Crippen LogP) is 3.69. The van der Waals surface area contributed by atoms with Gasteiger partial charge in [0.2, 0.25) is 0 Å². The van der Waals surface area contributed by atoms with Crippen LogP contribution in [0.5, 0.6) is 0 Å². The molecule has 90 valence electrons. The van der Waals surface area contributed by atoms with Gasteiger partial charge in [-0.1, -0.05) is 42.5 Å². The molecule has 0 saturated carbocycles. The normalized spacial score (nSPS) is 12.8. The van der Waals surface area contributed by atoms with Crippen LogP contribution in [0, 0.1) is 6.92 Å². The molecule has 0 amide bonds. The lowest BCUT2D eigenvalue weighted by molar-refractivity contribution is 0.225. The first-order chi connectivity index (χ1) is 8.77. The van der Waals surface area contributed by atoms with Crippen LogP contribution in [0.25, 0.3) is 10.8 Å². The molecule has 18 heavy (non-hydrogen) atoms. The third kappa shape index (κ3) is 1.82. The van der Waals surface area contributed by atoms with Gasteiger partial charge in [-0.25, -0.2) is 4.98 Å². The fourth-order valence-electron chi connectivity index (χ4n) is 2.20. The van der Waals surface area contributed by atoms with Crippen molar-refractivity contribution in [2.45, 2.75) is 13.0 Å². The number of hydrogen-bond acceptors (Lipinski definition) is 3. The van der Waals surface area contributed by atoms with Crippen molar-refractivity contribution in [3.05, 3.63) is 64.1 Å². The van der Waals surface area contributed by atoms with Gasteiger partial charge in [-0.05, 0) is 23.3 Å². The van der Waals surface area contributed by atoms with Crippen molar-refractivity contribution in [2.75, 3.05) is 0 Å². The molecule has 1 heterocycles. The summed E-state index contributed by atoms with van der Waals surface area (Å²) in [4.78, 5) is 5.12. The summed E-state index contributed by atoms with van der Waals surface area (Å²) in [5, 5.41) is 12.8. The molecule has 0 radical (unpaired) electrons. The van der Waals surface area contributed by atoms with Crippen LogP contribution in [0.15, 0.2) is 48.0 Å². The molecule has 3 rings (SSSR count). The van der Waals surface area contributed by atoms with E-state index in [-0.39, 0.29) is 0 Å². The molecule has 3 heteroatoms. The van der Waals surface area contributed by atoms with Crippen LogP contribution >= 0.6 is 11.3 Å². The molecule has 0 fully saturated rings. The zero-order valence-electron chi connectivity index (χ0n) is 10.00. The Morgan fingerprint density at radius 1 is 1.11 bits per heavy atom. The largest absolute Gasteiger partial charge is 0.383 e. The van der Waals surface area contributed by atoms with Crippen molar-refractivity contribution in [2.24, 2.45) is 0 Å². The molecule has 2 nitrogen and oxygen atoms in total. The SMILES string of the molecule is Cc1ncsc1C(O)c1cccc2ccccc12. The highest BCUT2D eigenvalue weighted by Crippen LogP contribution is 2.32. The Hall–Kier alpha value is -1.71. The van der Waals surface area contributed by atoms with Crippen LogP contribution in [-0.2, 0) is 0 Å². The fourth-order valence-corrected chi connectivity index (χ4v) is 3.01. The van der Waals surface area contributed by atoms with E-state index in [1.54, 1.807) is 5.51 Å². The molecule has 0 saturated heterocycles. The average Bonchev–Trinajstić information content (AvgIpc) is 2.83. The van der Waals surface area contributed by atoms with Gasteiger partial charge in [-0.15, -0.1) is 11.3 Å². The number of fused-ring (bicyclic) bond motifs is 1. The molecular weight excluding hydrogens is 242 g/mol. The molecule has 1 unspecified atom stereocenters. The predicted molar refractivity (Wildman–Crippen MR) is 74.9 cm³/mol. The van der Waals surface area contributed by atoms with E-state index in [9.17, 15) is 5.11 Å². The molecule has 0 aliphatic rings. The number of rotatable bonds is 2. The summed E-state index contributed by atoms with van der Waals surface area (Å²) in [6.07, 6.45) is -0.594. The van der Waals surface area contributed by atoms with Crippen LogP contribution < -0.4 is 0 Å². The summed E-state index contributed by atoms with van der Waals surface area (Å²) in [5.74, 6) is 0. The van der Waals surface area contributed by atoms with E-state index >= 15 is 0 Å². The summed E-state index contributed by atoms with van der Waals surface area (Å²) in [6.45, 7) is 1.93. The first kappa shape index (κ1) is 11.4. The molecule has 1 atom stereocenters. The van der Waals surface area contributed by atoms with Gasteiger partial charge in [-0.2, -0.15) is 0 Å². The van der Waals surface area contributed by atoms with Crippen LogP contribution in [-0.4, -0.2) is 10.1 Å². The molecule has 0 aliphatic heterocycles. The molecule has 0 spiro atoms. The number of aromatic nitrogens is 1. The summed E-state index contributed by atoms with van der Waals surface area (Å²) in [5.41, 5.74) is 3.62. The molecule has 3 aromatic rings. The van der Waals surface area contributed by atoms with Crippen molar-refractivity contribution in [1.82, 2.24) is 4.98 Å². The van der Waals surface area contributed by atoms with Crippen LogP contribution in [0.2, 0.25) is 0 Å². The minimum atomic E-state index is -0.594. The highest BCUT2D eigenvalue weighted by Gasteiger charge is 2.17. The smallest absolute Gasteiger partial charge is 0.116 e. The Labute approximate surface area is 110 Å². The average molecular weight is 255 g/mol. The minimum Gasteiger partial charge on any atom is -0.383 e. The quantitative estimate of drug-likeness (QED) is 0.757. The van der Waals surface area contributed by atoms with E-state index in [2.05, 4.69) is 17.1 Å². The van der Waals surface area contributed by atoms with E-state index < -0.39 is 6.10 Å². The van der Waals surface area contributed by atoms with Crippen molar-refractivity contribution in [3.63, 3.8) is 0 Å². The van der Waals surface area contributed by atoms with Crippen molar-refractivity contribution >= 4 is 22.1 Å². The number of aliphatic hydroxyl groups is 1. The van der Waals surface area contributed by atoms with Crippen LogP contribution in [0.4, 0.5) is 0 Å². The maximum Gasteiger partial charge on any atom is 0.116 e. The monoisotopic (exact) mass is 255 g/mol. The van der Waals surface area contributed by atoms with Gasteiger partial charge in [-0.3, -0.25) is 0 Å². The Morgan fingerprint density at radius 2 is 1.89 bits per heavy atom. The molecule has 2 aromatic carbocycles. The number of aryl methyl sites for hydroxylation is 1. The number of thiazole rings is 1. The van der Waals surface area contributed by atoms with E-state index in [0.717, 1.165) is 26.9 Å². The lowest BCUT2D eigenvalue weighted by Gasteiger charge is -2.12. The Kier molecular flexibility index (Phi) is 2.86. The van der Waals surface area contributed by atoms with Gasteiger partial charge in [0.1, 0.15) is 6.10 Å². The van der Waals surface area contributed by atoms with E-state index in [1.165, 1.54) is 11.3 Å². The zero-order valence-corrected chi connectivity index (χ0v) is 10.8. The van der Waals surface area contributed by atoms with Crippen molar-refractivity contribution in [3.8, 4) is 0 Å². The second-order valence-corrected chi connectivity index (χ2v) is 5.16. The number of benzene rings is 2. The van der Waals surface area contributed by atoms with E-state index in [4.69, 9.17) is 0 Å². The summed E-state index contributed by atoms with van der Waals surface area (Å²) in [7, 11) is 0. The second-order valence-electron chi connectivity index (χ2n) is 4.27. The topological polar surface area (TPSA) is 33.1 Å². The second kappa shape index (κ2) is 4.52. The molecule has 0 aliphatic carbocycles. The summed E-state index contributed by atoms with van der Waals surface area (Å²) < 4.78 is 0. The van der Waals surface area contributed by atoms with Gasteiger partial charge >= 0.3 is 0 Å². The van der Waals surface area contributed by atoms with Gasteiger partial charge in [0.15, 0.2) is 0 Å². The zero-order chi connectivity index (χ0) is 12.5. The fraction of sp³-hybridized carbons (Fsp3) is 0.133. The minimum absolute atomic E-state index is 0.594. The first-order valence-electron chi connectivity index (χ1n) is 5.83. The summed E-state index contributed by atoms with van der Waals surface area (Å²) in [6, 6.07) is 14.1. The van der Waals surface area contributed by atoms with Crippen LogP contribution in [0.1, 0.15) is 22.2 Å². The lowest BCUT2D eigenvalue weighted by atomic mass is 9.99. The Morgan fingerprint density at radius 3 is 2.67 bits per heavy atom. The van der Waals surface area contributed by atoms with E-state index in [0.29, 0.717) is 0 Å². The van der Waals surface area contributed by atoms with Crippen molar-refractivity contribution < 1.29 is 5.11 Å². The third-order valence-electron chi connectivity index (χ3n) is 3.15.